The summed E-state index contributed by atoms with van der Waals surface area (Å²) in [5.74, 6) is 0. The summed E-state index contributed by atoms with van der Waals surface area (Å²) in [7, 11) is 3.15. The predicted octanol–water partition coefficient (Wildman–Crippen LogP) is 0.540. The van der Waals surface area contributed by atoms with Gasteiger partial charge in [-0.05, 0) is 13.8 Å². The lowest BCUT2D eigenvalue weighted by atomic mass is 10.0. The van der Waals surface area contributed by atoms with Crippen LogP contribution in [-0.2, 0) is 9.47 Å². The van der Waals surface area contributed by atoms with Crippen LogP contribution in [0.15, 0.2) is 0 Å². The number of ether oxygens (including phenoxy) is 2. The number of methoxy groups -OCH3 is 2. The molecule has 0 rings (SSSR count). The fourth-order valence-corrected chi connectivity index (χ4v) is 1.27. The molecule has 0 aliphatic carbocycles. The standard InChI is InChI=1S/C9H18N2O2/c1-8(2)11-9(5-10,6-12-3)7-13-4/h8,11H,6-7H2,1-4H3. The Bertz CT molecular complexity index is 169. The molecule has 0 radical (unpaired) electrons. The van der Waals surface area contributed by atoms with Crippen LogP contribution >= 0.6 is 0 Å². The average molecular weight is 186 g/mol. The van der Waals surface area contributed by atoms with E-state index in [0.717, 1.165) is 0 Å². The van der Waals surface area contributed by atoms with E-state index in [4.69, 9.17) is 14.7 Å². The molecule has 0 fully saturated rings. The van der Waals surface area contributed by atoms with Crippen molar-refractivity contribution in [2.75, 3.05) is 27.4 Å². The number of nitriles is 1. The Hall–Kier alpha value is -0.630. The Balaban J connectivity index is 4.36. The van der Waals surface area contributed by atoms with Gasteiger partial charge < -0.3 is 9.47 Å². The monoisotopic (exact) mass is 186 g/mol. The Labute approximate surface area is 79.8 Å². The second-order valence-electron chi connectivity index (χ2n) is 3.36. The van der Waals surface area contributed by atoms with Gasteiger partial charge in [-0.2, -0.15) is 5.26 Å². The molecule has 0 spiro atoms. The van der Waals surface area contributed by atoms with E-state index < -0.39 is 5.54 Å². The lowest BCUT2D eigenvalue weighted by molar-refractivity contribution is 0.0664. The van der Waals surface area contributed by atoms with Crippen molar-refractivity contribution < 1.29 is 9.47 Å². The minimum Gasteiger partial charge on any atom is -0.382 e. The van der Waals surface area contributed by atoms with E-state index in [1.54, 1.807) is 14.2 Å². The van der Waals surface area contributed by atoms with Crippen LogP contribution in [0.2, 0.25) is 0 Å². The maximum Gasteiger partial charge on any atom is 0.153 e. The molecular weight excluding hydrogens is 168 g/mol. The van der Waals surface area contributed by atoms with Crippen molar-refractivity contribution in [1.82, 2.24) is 5.32 Å². The third kappa shape index (κ3) is 4.23. The maximum absolute atomic E-state index is 9.02. The number of rotatable bonds is 6. The molecule has 0 aromatic heterocycles. The minimum atomic E-state index is -0.725. The quantitative estimate of drug-likeness (QED) is 0.657. The summed E-state index contributed by atoms with van der Waals surface area (Å²) in [6.07, 6.45) is 0. The highest BCUT2D eigenvalue weighted by atomic mass is 16.5. The van der Waals surface area contributed by atoms with Gasteiger partial charge in [-0.15, -0.1) is 0 Å². The third-order valence-corrected chi connectivity index (χ3v) is 1.56. The van der Waals surface area contributed by atoms with E-state index in [1.165, 1.54) is 0 Å². The van der Waals surface area contributed by atoms with Gasteiger partial charge in [0.15, 0.2) is 5.54 Å². The molecule has 0 saturated carbocycles. The first-order valence-corrected chi connectivity index (χ1v) is 4.27. The van der Waals surface area contributed by atoms with Crippen molar-refractivity contribution in [3.05, 3.63) is 0 Å². The molecule has 0 aliphatic heterocycles. The third-order valence-electron chi connectivity index (χ3n) is 1.56. The van der Waals surface area contributed by atoms with Crippen molar-refractivity contribution in [2.24, 2.45) is 0 Å². The molecule has 0 heterocycles. The zero-order valence-corrected chi connectivity index (χ0v) is 8.76. The summed E-state index contributed by atoms with van der Waals surface area (Å²) < 4.78 is 9.97. The fraction of sp³-hybridized carbons (Fsp3) is 0.889. The normalized spacial score (nSPS) is 11.7. The van der Waals surface area contributed by atoms with E-state index in [1.807, 2.05) is 13.8 Å². The molecule has 13 heavy (non-hydrogen) atoms. The Morgan fingerprint density at radius 3 is 2.00 bits per heavy atom. The molecule has 76 valence electrons. The first kappa shape index (κ1) is 12.4. The van der Waals surface area contributed by atoms with Crippen molar-refractivity contribution in [3.63, 3.8) is 0 Å². The highest BCUT2D eigenvalue weighted by molar-refractivity contribution is 5.08. The van der Waals surface area contributed by atoms with Crippen LogP contribution in [0.4, 0.5) is 0 Å². The highest BCUT2D eigenvalue weighted by Crippen LogP contribution is 2.06. The summed E-state index contributed by atoms with van der Waals surface area (Å²) >= 11 is 0. The number of hydrogen-bond donors (Lipinski definition) is 1. The Morgan fingerprint density at radius 2 is 1.77 bits per heavy atom. The smallest absolute Gasteiger partial charge is 0.153 e. The van der Waals surface area contributed by atoms with Gasteiger partial charge in [-0.25, -0.2) is 0 Å². The molecule has 0 aromatic carbocycles. The van der Waals surface area contributed by atoms with E-state index >= 15 is 0 Å². The first-order chi connectivity index (χ1) is 6.10. The van der Waals surface area contributed by atoms with E-state index in [0.29, 0.717) is 13.2 Å². The molecule has 0 bridgehead atoms. The molecule has 4 nitrogen and oxygen atoms in total. The van der Waals surface area contributed by atoms with Crippen LogP contribution in [0, 0.1) is 11.3 Å². The summed E-state index contributed by atoms with van der Waals surface area (Å²) in [4.78, 5) is 0. The second kappa shape index (κ2) is 5.92. The van der Waals surface area contributed by atoms with Crippen LogP contribution in [0.5, 0.6) is 0 Å². The molecule has 0 aromatic rings. The highest BCUT2D eigenvalue weighted by Gasteiger charge is 2.30. The second-order valence-corrected chi connectivity index (χ2v) is 3.36. The van der Waals surface area contributed by atoms with Crippen molar-refractivity contribution in [3.8, 4) is 6.07 Å². The fourth-order valence-electron chi connectivity index (χ4n) is 1.27. The lowest BCUT2D eigenvalue weighted by Gasteiger charge is -2.28. The lowest BCUT2D eigenvalue weighted by Crippen LogP contribution is -2.54. The van der Waals surface area contributed by atoms with Crippen molar-refractivity contribution in [1.29, 1.82) is 5.26 Å². The van der Waals surface area contributed by atoms with Gasteiger partial charge in [0, 0.05) is 20.3 Å². The topological polar surface area (TPSA) is 54.3 Å². The Kier molecular flexibility index (Phi) is 5.63. The molecular formula is C9H18N2O2. The zero-order valence-electron chi connectivity index (χ0n) is 8.76. The molecule has 4 heteroatoms. The molecule has 0 aliphatic rings. The molecule has 1 N–H and O–H groups in total. The number of hydrogen-bond acceptors (Lipinski definition) is 4. The van der Waals surface area contributed by atoms with Gasteiger partial charge in [-0.1, -0.05) is 0 Å². The maximum atomic E-state index is 9.02. The molecule has 0 amide bonds. The van der Waals surface area contributed by atoms with Gasteiger partial charge >= 0.3 is 0 Å². The van der Waals surface area contributed by atoms with Crippen molar-refractivity contribution >= 4 is 0 Å². The SMILES string of the molecule is COCC(C#N)(COC)NC(C)C. The van der Waals surface area contributed by atoms with E-state index in [-0.39, 0.29) is 6.04 Å². The van der Waals surface area contributed by atoms with Crippen LogP contribution in [0.3, 0.4) is 0 Å². The van der Waals surface area contributed by atoms with E-state index in [9.17, 15) is 0 Å². The zero-order chi connectivity index (χ0) is 10.3. The van der Waals surface area contributed by atoms with Crippen LogP contribution in [-0.4, -0.2) is 39.0 Å². The molecule has 0 unspecified atom stereocenters. The van der Waals surface area contributed by atoms with Gasteiger partial charge in [-0.3, -0.25) is 5.32 Å². The number of nitrogens with one attached hydrogen (secondary N) is 1. The predicted molar refractivity (Wildman–Crippen MR) is 50.4 cm³/mol. The molecule has 0 atom stereocenters. The average Bonchev–Trinajstić information content (AvgIpc) is 2.04. The summed E-state index contributed by atoms with van der Waals surface area (Å²) in [5, 5.41) is 12.1. The summed E-state index contributed by atoms with van der Waals surface area (Å²) in [6.45, 7) is 4.62. The first-order valence-electron chi connectivity index (χ1n) is 4.27. The van der Waals surface area contributed by atoms with Gasteiger partial charge in [0.1, 0.15) is 0 Å². The largest absolute Gasteiger partial charge is 0.382 e. The molecule has 0 saturated heterocycles. The van der Waals surface area contributed by atoms with Gasteiger partial charge in [0.05, 0.1) is 19.3 Å². The van der Waals surface area contributed by atoms with Crippen molar-refractivity contribution in [2.45, 2.75) is 25.4 Å². The van der Waals surface area contributed by atoms with Crippen LogP contribution < -0.4 is 5.32 Å². The van der Waals surface area contributed by atoms with Gasteiger partial charge in [0.2, 0.25) is 0 Å². The minimum absolute atomic E-state index is 0.227. The summed E-state index contributed by atoms with van der Waals surface area (Å²) in [5.41, 5.74) is -0.725. The van der Waals surface area contributed by atoms with E-state index in [2.05, 4.69) is 11.4 Å². The van der Waals surface area contributed by atoms with Gasteiger partial charge in [0.25, 0.3) is 0 Å². The van der Waals surface area contributed by atoms with Crippen LogP contribution in [0.25, 0.3) is 0 Å². The summed E-state index contributed by atoms with van der Waals surface area (Å²) in [6, 6.07) is 2.41. The number of nitrogens with zero attached hydrogens (tertiary/aromatic N) is 1. The Morgan fingerprint density at radius 1 is 1.31 bits per heavy atom. The van der Waals surface area contributed by atoms with Crippen LogP contribution in [0.1, 0.15) is 13.8 Å².